The van der Waals surface area contributed by atoms with E-state index in [-0.39, 0.29) is 12.4 Å². The summed E-state index contributed by atoms with van der Waals surface area (Å²) < 4.78 is 10.4. The Labute approximate surface area is 130 Å². The molecule has 0 saturated carbocycles. The van der Waals surface area contributed by atoms with E-state index in [1.54, 1.807) is 38.7 Å². The fraction of sp³-hybridized carbons (Fsp3) is 0.125. The molecule has 0 aliphatic carbocycles. The summed E-state index contributed by atoms with van der Waals surface area (Å²) in [5, 5.41) is 9.32. The number of hydrogen-bond acceptors (Lipinski definition) is 4. The van der Waals surface area contributed by atoms with Crippen molar-refractivity contribution in [2.45, 2.75) is 0 Å². The Morgan fingerprint density at radius 3 is 2.33 bits per heavy atom. The van der Waals surface area contributed by atoms with Crippen molar-refractivity contribution in [3.63, 3.8) is 0 Å². The number of rotatable bonds is 4. The summed E-state index contributed by atoms with van der Waals surface area (Å²) >= 11 is 0. The molecule has 0 saturated heterocycles. The molecule has 4 nitrogen and oxygen atoms in total. The minimum Gasteiger partial charge on any atom is -0.493 e. The van der Waals surface area contributed by atoms with Crippen molar-refractivity contribution >= 4 is 24.1 Å². The highest BCUT2D eigenvalue weighted by Gasteiger charge is 2.07. The quantitative estimate of drug-likeness (QED) is 0.810. The van der Waals surface area contributed by atoms with Gasteiger partial charge >= 0.3 is 0 Å². The van der Waals surface area contributed by atoms with Gasteiger partial charge in [-0.3, -0.25) is 4.98 Å². The van der Waals surface area contributed by atoms with Gasteiger partial charge in [0.05, 0.1) is 25.9 Å². The molecule has 0 aliphatic rings. The van der Waals surface area contributed by atoms with Gasteiger partial charge in [-0.1, -0.05) is 0 Å². The largest absolute Gasteiger partial charge is 0.493 e. The van der Waals surface area contributed by atoms with Gasteiger partial charge in [0.1, 0.15) is 0 Å². The number of allylic oxidation sites excluding steroid dienone is 1. The summed E-state index contributed by atoms with van der Waals surface area (Å²) in [4.78, 5) is 3.95. The Morgan fingerprint density at radius 1 is 1.10 bits per heavy atom. The highest BCUT2D eigenvalue weighted by atomic mass is 35.5. The average Bonchev–Trinajstić information content (AvgIpc) is 2.53. The minimum atomic E-state index is 0. The first-order chi connectivity index (χ1) is 9.78. The van der Waals surface area contributed by atoms with Gasteiger partial charge in [0.2, 0.25) is 0 Å². The van der Waals surface area contributed by atoms with E-state index in [4.69, 9.17) is 9.47 Å². The summed E-state index contributed by atoms with van der Waals surface area (Å²) in [6, 6.07) is 11.3. The third-order valence-corrected chi connectivity index (χ3v) is 2.83. The summed E-state index contributed by atoms with van der Waals surface area (Å²) in [5.41, 5.74) is 2.26. The maximum atomic E-state index is 9.32. The average molecular weight is 303 g/mol. The summed E-state index contributed by atoms with van der Waals surface area (Å²) in [6.45, 7) is 0. The van der Waals surface area contributed by atoms with Crippen LogP contribution in [-0.2, 0) is 0 Å². The van der Waals surface area contributed by atoms with E-state index < -0.39 is 0 Å². The Hall–Kier alpha value is -2.51. The Kier molecular flexibility index (Phi) is 6.25. The van der Waals surface area contributed by atoms with E-state index in [1.165, 1.54) is 0 Å². The van der Waals surface area contributed by atoms with Crippen molar-refractivity contribution in [1.82, 2.24) is 4.98 Å². The topological polar surface area (TPSA) is 55.1 Å². The second-order valence-electron chi connectivity index (χ2n) is 4.02. The van der Waals surface area contributed by atoms with Gasteiger partial charge < -0.3 is 9.47 Å². The van der Waals surface area contributed by atoms with Gasteiger partial charge in [0, 0.05) is 12.4 Å². The van der Waals surface area contributed by atoms with Crippen LogP contribution in [0.4, 0.5) is 0 Å². The molecule has 1 aromatic carbocycles. The molecule has 0 atom stereocenters. The van der Waals surface area contributed by atoms with Gasteiger partial charge in [-0.05, 0) is 47.5 Å². The molecule has 0 unspecified atom stereocenters. The Bertz CT molecular complexity index is 664. The number of halogens is 1. The summed E-state index contributed by atoms with van der Waals surface area (Å²) in [6.07, 6.45) is 5.19. The van der Waals surface area contributed by atoms with Crippen molar-refractivity contribution in [2.75, 3.05) is 14.2 Å². The van der Waals surface area contributed by atoms with Crippen molar-refractivity contribution < 1.29 is 9.47 Å². The van der Waals surface area contributed by atoms with Gasteiger partial charge in [0.25, 0.3) is 0 Å². The first-order valence-electron chi connectivity index (χ1n) is 6.02. The Balaban J connectivity index is 0.00000220. The smallest absolute Gasteiger partial charge is 0.161 e. The maximum Gasteiger partial charge on any atom is 0.161 e. The first-order valence-corrected chi connectivity index (χ1v) is 6.02. The molecule has 0 radical (unpaired) electrons. The predicted molar refractivity (Wildman–Crippen MR) is 84.5 cm³/mol. The van der Waals surface area contributed by atoms with Crippen molar-refractivity contribution in [3.05, 3.63) is 53.9 Å². The molecule has 21 heavy (non-hydrogen) atoms. The van der Waals surface area contributed by atoms with E-state index in [2.05, 4.69) is 11.1 Å². The number of nitriles is 1. The number of ether oxygens (including phenoxy) is 2. The minimum absolute atomic E-state index is 0. The lowest BCUT2D eigenvalue weighted by atomic mass is 10.0. The number of benzene rings is 1. The van der Waals surface area contributed by atoms with Gasteiger partial charge in [-0.15, -0.1) is 12.4 Å². The predicted octanol–water partition coefficient (Wildman–Crippen LogP) is 3.58. The van der Waals surface area contributed by atoms with E-state index in [9.17, 15) is 5.26 Å². The molecule has 1 aromatic heterocycles. The summed E-state index contributed by atoms with van der Waals surface area (Å²) in [5.74, 6) is 1.23. The van der Waals surface area contributed by atoms with Crippen LogP contribution in [0.25, 0.3) is 11.6 Å². The molecule has 2 aromatic rings. The monoisotopic (exact) mass is 302 g/mol. The second-order valence-corrected chi connectivity index (χ2v) is 4.02. The zero-order chi connectivity index (χ0) is 14.4. The maximum absolute atomic E-state index is 9.32. The highest BCUT2D eigenvalue weighted by Crippen LogP contribution is 2.30. The number of pyridine rings is 1. The molecule has 0 spiro atoms. The van der Waals surface area contributed by atoms with Crippen LogP contribution >= 0.6 is 12.4 Å². The van der Waals surface area contributed by atoms with Gasteiger partial charge in [0.15, 0.2) is 11.5 Å². The molecule has 2 rings (SSSR count). The fourth-order valence-corrected chi connectivity index (χ4v) is 1.81. The van der Waals surface area contributed by atoms with Crippen LogP contribution in [0.5, 0.6) is 11.5 Å². The molecule has 1 heterocycles. The molecular formula is C16H15ClN2O2. The number of hydrogen-bond donors (Lipinski definition) is 0. The standard InChI is InChI=1S/C16H14N2O2.ClH/c1-19-15-4-3-13(10-16(15)20-2)14(11-17)9-12-5-7-18-8-6-12;/h3-10H,1-2H3;1H. The molecule has 0 fully saturated rings. The van der Waals surface area contributed by atoms with E-state index in [0.29, 0.717) is 17.1 Å². The Morgan fingerprint density at radius 2 is 1.76 bits per heavy atom. The molecule has 108 valence electrons. The number of methoxy groups -OCH3 is 2. The van der Waals surface area contributed by atoms with Crippen LogP contribution < -0.4 is 9.47 Å². The van der Waals surface area contributed by atoms with E-state index >= 15 is 0 Å². The van der Waals surface area contributed by atoms with Crippen LogP contribution in [0.15, 0.2) is 42.7 Å². The normalized spacial score (nSPS) is 10.2. The van der Waals surface area contributed by atoms with Crippen LogP contribution in [0.1, 0.15) is 11.1 Å². The molecule has 0 bridgehead atoms. The van der Waals surface area contributed by atoms with Gasteiger partial charge in [-0.2, -0.15) is 5.26 Å². The number of nitrogens with zero attached hydrogens (tertiary/aromatic N) is 2. The highest BCUT2D eigenvalue weighted by molar-refractivity contribution is 5.90. The molecule has 5 heteroatoms. The van der Waals surface area contributed by atoms with Gasteiger partial charge in [-0.25, -0.2) is 0 Å². The zero-order valence-corrected chi connectivity index (χ0v) is 12.6. The van der Waals surface area contributed by atoms with Crippen molar-refractivity contribution in [3.8, 4) is 17.6 Å². The summed E-state index contributed by atoms with van der Waals surface area (Å²) in [7, 11) is 3.15. The van der Waals surface area contributed by atoms with Crippen molar-refractivity contribution in [2.24, 2.45) is 0 Å². The fourth-order valence-electron chi connectivity index (χ4n) is 1.81. The zero-order valence-electron chi connectivity index (χ0n) is 11.7. The number of aromatic nitrogens is 1. The SMILES string of the molecule is COc1ccc(C(C#N)=Cc2ccncc2)cc1OC.Cl. The van der Waals surface area contributed by atoms with E-state index in [0.717, 1.165) is 11.1 Å². The lowest BCUT2D eigenvalue weighted by Gasteiger charge is -2.09. The van der Waals surface area contributed by atoms with Crippen LogP contribution in [-0.4, -0.2) is 19.2 Å². The lowest BCUT2D eigenvalue weighted by Crippen LogP contribution is -1.92. The van der Waals surface area contributed by atoms with Crippen LogP contribution in [0.3, 0.4) is 0 Å². The third kappa shape index (κ3) is 3.98. The van der Waals surface area contributed by atoms with Crippen molar-refractivity contribution in [1.29, 1.82) is 5.26 Å². The molecular weight excluding hydrogens is 288 g/mol. The van der Waals surface area contributed by atoms with Crippen LogP contribution in [0.2, 0.25) is 0 Å². The third-order valence-electron chi connectivity index (χ3n) is 2.83. The first kappa shape index (κ1) is 16.5. The molecule has 0 N–H and O–H groups in total. The molecule has 0 aliphatic heterocycles. The van der Waals surface area contributed by atoms with E-state index in [1.807, 2.05) is 24.3 Å². The van der Waals surface area contributed by atoms with Crippen LogP contribution in [0, 0.1) is 11.3 Å². The molecule has 0 amide bonds. The second kappa shape index (κ2) is 7.93. The lowest BCUT2D eigenvalue weighted by molar-refractivity contribution is 0.355.